The van der Waals surface area contributed by atoms with Gasteiger partial charge in [0.2, 0.25) is 6.41 Å². The van der Waals surface area contributed by atoms with Crippen molar-refractivity contribution >= 4 is 12.3 Å². The van der Waals surface area contributed by atoms with Crippen molar-refractivity contribution in [1.29, 1.82) is 0 Å². The summed E-state index contributed by atoms with van der Waals surface area (Å²) >= 11 is 0. The van der Waals surface area contributed by atoms with Gasteiger partial charge in [-0.2, -0.15) is 0 Å². The molecule has 2 amide bonds. The number of methoxy groups -OCH3 is 1. The van der Waals surface area contributed by atoms with Crippen molar-refractivity contribution in [3.05, 3.63) is 23.8 Å². The smallest absolute Gasteiger partial charge is 0.254 e. The third-order valence-corrected chi connectivity index (χ3v) is 5.88. The van der Waals surface area contributed by atoms with Crippen molar-refractivity contribution in [3.63, 3.8) is 0 Å². The molecule has 0 spiro atoms. The summed E-state index contributed by atoms with van der Waals surface area (Å²) in [6.07, 6.45) is 3.71. The minimum absolute atomic E-state index is 0.0279. The highest BCUT2D eigenvalue weighted by Gasteiger charge is 2.25. The van der Waals surface area contributed by atoms with Gasteiger partial charge in [0, 0.05) is 50.9 Å². The van der Waals surface area contributed by atoms with Crippen LogP contribution in [-0.4, -0.2) is 85.5 Å². The van der Waals surface area contributed by atoms with Gasteiger partial charge in [-0.15, -0.1) is 0 Å². The van der Waals surface area contributed by atoms with Crippen LogP contribution in [-0.2, 0) is 4.79 Å². The van der Waals surface area contributed by atoms with Crippen molar-refractivity contribution < 1.29 is 19.1 Å². The lowest BCUT2D eigenvalue weighted by molar-refractivity contribution is -0.118. The van der Waals surface area contributed by atoms with E-state index in [1.54, 1.807) is 30.2 Å². The summed E-state index contributed by atoms with van der Waals surface area (Å²) in [4.78, 5) is 30.0. The van der Waals surface area contributed by atoms with E-state index in [1.807, 2.05) is 4.90 Å². The molecule has 2 aliphatic heterocycles. The van der Waals surface area contributed by atoms with Crippen LogP contribution in [0.5, 0.6) is 11.5 Å². The van der Waals surface area contributed by atoms with Gasteiger partial charge >= 0.3 is 0 Å². The number of carbonyl (C=O) groups excluding carboxylic acids is 2. The number of carbonyl (C=O) groups is 2. The maximum absolute atomic E-state index is 13.0. The standard InChI is InChI=1S/C22H33N3O4/c1-17(2)24-11-7-19(8-12-24)29-21-15-18(5-6-20(21)28-3)22(27)25-10-4-9-23(16-26)13-14-25/h5-6,15-17,19H,4,7-14H2,1-3H3. The number of rotatable bonds is 6. The average molecular weight is 404 g/mol. The van der Waals surface area contributed by atoms with E-state index in [4.69, 9.17) is 9.47 Å². The summed E-state index contributed by atoms with van der Waals surface area (Å²) in [6, 6.07) is 5.95. The number of amides is 2. The third-order valence-electron chi connectivity index (χ3n) is 5.88. The molecule has 2 saturated heterocycles. The lowest BCUT2D eigenvalue weighted by atomic mass is 10.1. The van der Waals surface area contributed by atoms with Gasteiger partial charge in [-0.3, -0.25) is 9.59 Å². The highest BCUT2D eigenvalue weighted by molar-refractivity contribution is 5.95. The van der Waals surface area contributed by atoms with E-state index in [0.29, 0.717) is 49.3 Å². The Hall–Kier alpha value is -2.28. The van der Waals surface area contributed by atoms with E-state index in [-0.39, 0.29) is 12.0 Å². The highest BCUT2D eigenvalue weighted by atomic mass is 16.5. The Kier molecular flexibility index (Phi) is 7.36. The number of hydrogen-bond acceptors (Lipinski definition) is 5. The van der Waals surface area contributed by atoms with E-state index in [9.17, 15) is 9.59 Å². The molecule has 0 atom stereocenters. The summed E-state index contributed by atoms with van der Waals surface area (Å²) in [5.74, 6) is 1.25. The summed E-state index contributed by atoms with van der Waals surface area (Å²) in [7, 11) is 1.62. The second-order valence-electron chi connectivity index (χ2n) is 8.10. The van der Waals surface area contributed by atoms with Gasteiger partial charge in [0.1, 0.15) is 6.10 Å². The molecule has 0 unspecified atom stereocenters. The fourth-order valence-electron chi connectivity index (χ4n) is 4.02. The maximum Gasteiger partial charge on any atom is 0.254 e. The minimum atomic E-state index is -0.0279. The molecule has 3 rings (SSSR count). The number of ether oxygens (including phenoxy) is 2. The molecule has 7 heteroatoms. The van der Waals surface area contributed by atoms with Crippen molar-refractivity contribution in [1.82, 2.24) is 14.7 Å². The lowest BCUT2D eigenvalue weighted by Gasteiger charge is -2.34. The topological polar surface area (TPSA) is 62.3 Å². The van der Waals surface area contributed by atoms with Gasteiger partial charge in [-0.05, 0) is 51.3 Å². The molecule has 0 radical (unpaired) electrons. The molecule has 0 aliphatic carbocycles. The molecule has 7 nitrogen and oxygen atoms in total. The number of benzene rings is 1. The largest absolute Gasteiger partial charge is 0.493 e. The zero-order valence-electron chi connectivity index (χ0n) is 17.8. The van der Waals surface area contributed by atoms with Crippen LogP contribution in [0, 0.1) is 0 Å². The molecule has 2 heterocycles. The first kappa shape index (κ1) is 21.4. The molecule has 0 N–H and O–H groups in total. The van der Waals surface area contributed by atoms with E-state index in [1.165, 1.54) is 0 Å². The van der Waals surface area contributed by atoms with Gasteiger partial charge in [0.25, 0.3) is 5.91 Å². The second-order valence-corrected chi connectivity index (χ2v) is 8.10. The number of hydrogen-bond donors (Lipinski definition) is 0. The van der Waals surface area contributed by atoms with E-state index in [2.05, 4.69) is 18.7 Å². The quantitative estimate of drug-likeness (QED) is 0.682. The SMILES string of the molecule is COc1ccc(C(=O)N2CCCN(C=O)CC2)cc1OC1CCN(C(C)C)CC1. The number of nitrogens with zero attached hydrogens (tertiary/aromatic N) is 3. The van der Waals surface area contributed by atoms with Crippen molar-refractivity contribution in [3.8, 4) is 11.5 Å². The molecule has 0 aromatic heterocycles. The minimum Gasteiger partial charge on any atom is -0.493 e. The maximum atomic E-state index is 13.0. The Bertz CT molecular complexity index is 701. The molecule has 29 heavy (non-hydrogen) atoms. The van der Waals surface area contributed by atoms with Crippen LogP contribution in [0.4, 0.5) is 0 Å². The lowest BCUT2D eigenvalue weighted by Crippen LogP contribution is -2.41. The first-order valence-corrected chi connectivity index (χ1v) is 10.6. The summed E-state index contributed by atoms with van der Waals surface area (Å²) in [5.41, 5.74) is 0.597. The van der Waals surface area contributed by atoms with E-state index in [0.717, 1.165) is 38.8 Å². The summed E-state index contributed by atoms with van der Waals surface area (Å²) < 4.78 is 11.7. The Morgan fingerprint density at radius 3 is 2.48 bits per heavy atom. The molecule has 1 aromatic rings. The van der Waals surface area contributed by atoms with Gasteiger partial charge in [0.15, 0.2) is 11.5 Å². The Balaban J connectivity index is 1.68. The van der Waals surface area contributed by atoms with Crippen LogP contribution >= 0.6 is 0 Å². The summed E-state index contributed by atoms with van der Waals surface area (Å²) in [5, 5.41) is 0. The predicted molar refractivity (Wildman–Crippen MR) is 112 cm³/mol. The normalized spacial score (nSPS) is 19.2. The molecule has 2 aliphatic rings. The summed E-state index contributed by atoms with van der Waals surface area (Å²) in [6.45, 7) is 8.94. The number of likely N-dealkylation sites (tertiary alicyclic amines) is 1. The van der Waals surface area contributed by atoms with Gasteiger partial charge < -0.3 is 24.2 Å². The first-order valence-electron chi connectivity index (χ1n) is 10.6. The van der Waals surface area contributed by atoms with Crippen LogP contribution in [0.3, 0.4) is 0 Å². The Labute approximate surface area is 173 Å². The molecule has 0 bridgehead atoms. The molecular formula is C22H33N3O4. The molecule has 160 valence electrons. The fourth-order valence-corrected chi connectivity index (χ4v) is 4.02. The van der Waals surface area contributed by atoms with Crippen molar-refractivity contribution in [2.24, 2.45) is 0 Å². The zero-order valence-corrected chi connectivity index (χ0v) is 17.8. The molecule has 2 fully saturated rings. The molecular weight excluding hydrogens is 370 g/mol. The van der Waals surface area contributed by atoms with Crippen LogP contribution in [0.25, 0.3) is 0 Å². The van der Waals surface area contributed by atoms with E-state index < -0.39 is 0 Å². The van der Waals surface area contributed by atoms with Gasteiger partial charge in [-0.1, -0.05) is 0 Å². The zero-order chi connectivity index (χ0) is 20.8. The molecule has 1 aromatic carbocycles. The van der Waals surface area contributed by atoms with Gasteiger partial charge in [-0.25, -0.2) is 0 Å². The first-order chi connectivity index (χ1) is 14.0. The van der Waals surface area contributed by atoms with Crippen LogP contribution in [0.2, 0.25) is 0 Å². The fraction of sp³-hybridized carbons (Fsp3) is 0.636. The van der Waals surface area contributed by atoms with Crippen LogP contribution < -0.4 is 9.47 Å². The monoisotopic (exact) mass is 403 g/mol. The van der Waals surface area contributed by atoms with Crippen LogP contribution in [0.1, 0.15) is 43.5 Å². The second kappa shape index (κ2) is 9.96. The van der Waals surface area contributed by atoms with E-state index >= 15 is 0 Å². The third kappa shape index (κ3) is 5.41. The Morgan fingerprint density at radius 1 is 1.07 bits per heavy atom. The van der Waals surface area contributed by atoms with Crippen molar-refractivity contribution in [2.45, 2.75) is 45.3 Å². The Morgan fingerprint density at radius 2 is 1.83 bits per heavy atom. The van der Waals surface area contributed by atoms with Gasteiger partial charge in [0.05, 0.1) is 7.11 Å². The number of piperidine rings is 1. The molecule has 0 saturated carbocycles. The van der Waals surface area contributed by atoms with Crippen LogP contribution in [0.15, 0.2) is 18.2 Å². The average Bonchev–Trinajstić information content (AvgIpc) is 2.99. The van der Waals surface area contributed by atoms with Crippen molar-refractivity contribution in [2.75, 3.05) is 46.4 Å². The predicted octanol–water partition coefficient (Wildman–Crippen LogP) is 2.25. The highest BCUT2D eigenvalue weighted by Crippen LogP contribution is 2.31.